The van der Waals surface area contributed by atoms with Crippen molar-refractivity contribution in [3.63, 3.8) is 0 Å². The van der Waals surface area contributed by atoms with E-state index >= 15 is 0 Å². The minimum absolute atomic E-state index is 0.0626. The lowest BCUT2D eigenvalue weighted by atomic mass is 9.80. The molecule has 1 aliphatic rings. The standard InChI is InChI=1S/C28H32O3.C3H8O2/c1-2-3-20-29-26-19-21-30-27(26)22-31-28(23-13-7-4-8-14-23,24-15-9-5-10-16-24)25-17-11-6-12-18-25;1-3(2,4)5/h4-18,26-27H,2-3,19-22H2,1H3;4-5H,1-2H3. The van der Waals surface area contributed by atoms with Crippen molar-refractivity contribution in [2.45, 2.75) is 63.6 Å². The van der Waals surface area contributed by atoms with Gasteiger partial charge in [0.15, 0.2) is 5.79 Å². The molecule has 0 aliphatic carbocycles. The predicted molar refractivity (Wildman–Crippen MR) is 143 cm³/mol. The molecule has 3 aromatic rings. The molecule has 5 heteroatoms. The van der Waals surface area contributed by atoms with E-state index in [0.29, 0.717) is 6.61 Å². The highest BCUT2D eigenvalue weighted by Crippen LogP contribution is 2.41. The van der Waals surface area contributed by atoms with Crippen LogP contribution in [0.2, 0.25) is 0 Å². The summed E-state index contributed by atoms with van der Waals surface area (Å²) in [6.07, 6.45) is 3.16. The Balaban J connectivity index is 0.000000658. The summed E-state index contributed by atoms with van der Waals surface area (Å²) in [6, 6.07) is 31.4. The van der Waals surface area contributed by atoms with Crippen molar-refractivity contribution in [3.8, 4) is 0 Å². The third kappa shape index (κ3) is 7.99. The third-order valence-corrected chi connectivity index (χ3v) is 5.98. The maximum atomic E-state index is 8.08. The van der Waals surface area contributed by atoms with Crippen LogP contribution in [0.1, 0.15) is 56.7 Å². The average Bonchev–Trinajstić information content (AvgIpc) is 3.33. The van der Waals surface area contributed by atoms with Crippen LogP contribution in [-0.4, -0.2) is 48.0 Å². The summed E-state index contributed by atoms with van der Waals surface area (Å²) in [6.45, 7) is 6.75. The second kappa shape index (κ2) is 13.7. The highest BCUT2D eigenvalue weighted by atomic mass is 16.6. The summed E-state index contributed by atoms with van der Waals surface area (Å²) < 4.78 is 19.1. The van der Waals surface area contributed by atoms with Crippen molar-refractivity contribution in [1.82, 2.24) is 0 Å². The minimum atomic E-state index is -1.50. The van der Waals surface area contributed by atoms with Gasteiger partial charge in [0.2, 0.25) is 0 Å². The summed E-state index contributed by atoms with van der Waals surface area (Å²) in [4.78, 5) is 0. The minimum Gasteiger partial charge on any atom is -0.375 e. The Morgan fingerprint density at radius 3 is 1.67 bits per heavy atom. The Kier molecular flexibility index (Phi) is 10.7. The number of benzene rings is 3. The monoisotopic (exact) mass is 492 g/mol. The van der Waals surface area contributed by atoms with Crippen LogP contribution in [0.15, 0.2) is 91.0 Å². The van der Waals surface area contributed by atoms with Gasteiger partial charge in [-0.15, -0.1) is 0 Å². The van der Waals surface area contributed by atoms with Crippen LogP contribution in [0.25, 0.3) is 0 Å². The molecular weight excluding hydrogens is 452 g/mol. The zero-order chi connectivity index (χ0) is 25.9. The van der Waals surface area contributed by atoms with Gasteiger partial charge >= 0.3 is 0 Å². The lowest BCUT2D eigenvalue weighted by Gasteiger charge is -2.37. The quantitative estimate of drug-likeness (QED) is 0.217. The van der Waals surface area contributed by atoms with E-state index < -0.39 is 11.4 Å². The van der Waals surface area contributed by atoms with Crippen molar-refractivity contribution >= 4 is 0 Å². The summed E-state index contributed by atoms with van der Waals surface area (Å²) in [5, 5.41) is 16.2. The summed E-state index contributed by atoms with van der Waals surface area (Å²) in [5.74, 6) is -1.50. The van der Waals surface area contributed by atoms with Crippen LogP contribution < -0.4 is 0 Å². The number of rotatable bonds is 10. The van der Waals surface area contributed by atoms with Crippen molar-refractivity contribution in [2.75, 3.05) is 19.8 Å². The van der Waals surface area contributed by atoms with Crippen LogP contribution in [0.5, 0.6) is 0 Å². The van der Waals surface area contributed by atoms with Crippen LogP contribution in [0.4, 0.5) is 0 Å². The highest BCUT2D eigenvalue weighted by Gasteiger charge is 2.40. The van der Waals surface area contributed by atoms with Gasteiger partial charge in [-0.05, 0) is 43.4 Å². The summed E-state index contributed by atoms with van der Waals surface area (Å²) >= 11 is 0. The van der Waals surface area contributed by atoms with E-state index in [0.717, 1.165) is 49.2 Å². The van der Waals surface area contributed by atoms with Crippen LogP contribution in [0, 0.1) is 0 Å². The second-order valence-corrected chi connectivity index (χ2v) is 9.55. The number of hydrogen-bond donors (Lipinski definition) is 2. The molecule has 36 heavy (non-hydrogen) atoms. The normalized spacial score (nSPS) is 17.9. The van der Waals surface area contributed by atoms with E-state index in [2.05, 4.69) is 79.7 Å². The first-order valence-corrected chi connectivity index (χ1v) is 12.8. The molecule has 1 aliphatic heterocycles. The number of hydrogen-bond acceptors (Lipinski definition) is 5. The Bertz CT molecular complexity index is 883. The van der Waals surface area contributed by atoms with E-state index in [4.69, 9.17) is 24.4 Å². The van der Waals surface area contributed by atoms with E-state index in [1.807, 2.05) is 18.2 Å². The smallest absolute Gasteiger partial charge is 0.156 e. The molecule has 0 amide bonds. The Hall–Kier alpha value is -2.54. The van der Waals surface area contributed by atoms with Crippen LogP contribution in [-0.2, 0) is 19.8 Å². The zero-order valence-electron chi connectivity index (χ0n) is 21.7. The van der Waals surface area contributed by atoms with Gasteiger partial charge in [0.1, 0.15) is 11.7 Å². The SMILES string of the molecule is CC(C)(O)O.CCCCOC1CCOC1COC(c1ccccc1)(c1ccccc1)c1ccccc1. The third-order valence-electron chi connectivity index (χ3n) is 5.98. The maximum absolute atomic E-state index is 8.08. The molecule has 1 saturated heterocycles. The van der Waals surface area contributed by atoms with Crippen molar-refractivity contribution in [3.05, 3.63) is 108 Å². The van der Waals surface area contributed by atoms with Crippen molar-refractivity contribution < 1.29 is 24.4 Å². The largest absolute Gasteiger partial charge is 0.375 e. The fourth-order valence-electron chi connectivity index (χ4n) is 4.33. The molecule has 0 radical (unpaired) electrons. The zero-order valence-corrected chi connectivity index (χ0v) is 21.7. The molecule has 4 rings (SSSR count). The molecule has 0 aromatic heterocycles. The first kappa shape index (κ1) is 28.0. The number of ether oxygens (including phenoxy) is 3. The summed E-state index contributed by atoms with van der Waals surface area (Å²) in [7, 11) is 0. The Morgan fingerprint density at radius 2 is 1.25 bits per heavy atom. The van der Waals surface area contributed by atoms with E-state index in [1.165, 1.54) is 13.8 Å². The van der Waals surface area contributed by atoms with Crippen molar-refractivity contribution in [2.24, 2.45) is 0 Å². The molecule has 194 valence electrons. The van der Waals surface area contributed by atoms with Gasteiger partial charge in [0.05, 0.1) is 12.7 Å². The average molecular weight is 493 g/mol. The summed E-state index contributed by atoms with van der Waals surface area (Å²) in [5.41, 5.74) is 2.60. The topological polar surface area (TPSA) is 68.2 Å². The molecule has 0 saturated carbocycles. The molecule has 1 heterocycles. The lowest BCUT2D eigenvalue weighted by Crippen LogP contribution is -2.38. The van der Waals surface area contributed by atoms with Gasteiger partial charge in [-0.25, -0.2) is 0 Å². The number of aliphatic hydroxyl groups is 2. The molecule has 1 fully saturated rings. The van der Waals surface area contributed by atoms with Crippen LogP contribution in [0.3, 0.4) is 0 Å². The molecule has 2 atom stereocenters. The van der Waals surface area contributed by atoms with Gasteiger partial charge in [0, 0.05) is 13.2 Å². The van der Waals surface area contributed by atoms with E-state index in [9.17, 15) is 0 Å². The van der Waals surface area contributed by atoms with Gasteiger partial charge < -0.3 is 24.4 Å². The van der Waals surface area contributed by atoms with E-state index in [-0.39, 0.29) is 12.2 Å². The predicted octanol–water partition coefficient (Wildman–Crippen LogP) is 5.68. The first-order chi connectivity index (χ1) is 17.3. The van der Waals surface area contributed by atoms with E-state index in [1.54, 1.807) is 0 Å². The first-order valence-electron chi connectivity index (χ1n) is 12.8. The van der Waals surface area contributed by atoms with Gasteiger partial charge in [-0.3, -0.25) is 0 Å². The second-order valence-electron chi connectivity index (χ2n) is 9.55. The Morgan fingerprint density at radius 1 is 0.806 bits per heavy atom. The molecule has 0 spiro atoms. The van der Waals surface area contributed by atoms with Gasteiger partial charge in [-0.2, -0.15) is 0 Å². The van der Waals surface area contributed by atoms with Gasteiger partial charge in [0.25, 0.3) is 0 Å². The lowest BCUT2D eigenvalue weighted by molar-refractivity contribution is -0.127. The molecule has 2 unspecified atom stereocenters. The fraction of sp³-hybridized carbons (Fsp3) is 0.419. The van der Waals surface area contributed by atoms with Gasteiger partial charge in [-0.1, -0.05) is 104 Å². The Labute approximate surface area is 215 Å². The molecule has 5 nitrogen and oxygen atoms in total. The molecule has 3 aromatic carbocycles. The highest BCUT2D eigenvalue weighted by molar-refractivity contribution is 5.47. The van der Waals surface area contributed by atoms with Crippen molar-refractivity contribution in [1.29, 1.82) is 0 Å². The van der Waals surface area contributed by atoms with Crippen LogP contribution >= 0.6 is 0 Å². The molecule has 0 bridgehead atoms. The maximum Gasteiger partial charge on any atom is 0.156 e. The fourth-order valence-corrected chi connectivity index (χ4v) is 4.33. The molecule has 2 N–H and O–H groups in total. The molecular formula is C31H40O5. The number of unbranched alkanes of at least 4 members (excludes halogenated alkanes) is 1.